The van der Waals surface area contributed by atoms with Crippen LogP contribution >= 0.6 is 22.9 Å². The Morgan fingerprint density at radius 2 is 2.25 bits per heavy atom. The molecule has 0 amide bonds. The molecule has 0 aliphatic carbocycles. The van der Waals surface area contributed by atoms with Gasteiger partial charge in [-0.15, -0.1) is 11.3 Å². The summed E-state index contributed by atoms with van der Waals surface area (Å²) in [6.07, 6.45) is 2.04. The van der Waals surface area contributed by atoms with Gasteiger partial charge in [-0.2, -0.15) is 0 Å². The van der Waals surface area contributed by atoms with E-state index in [9.17, 15) is 0 Å². The monoisotopic (exact) mass is 252 g/mol. The minimum absolute atomic E-state index is 0.705. The summed E-state index contributed by atoms with van der Waals surface area (Å²) in [4.78, 5) is 5.61. The van der Waals surface area contributed by atoms with Crippen LogP contribution in [-0.2, 0) is 6.54 Å². The molecular weight excluding hydrogens is 240 g/mol. The van der Waals surface area contributed by atoms with Crippen LogP contribution in [0, 0.1) is 6.92 Å². The van der Waals surface area contributed by atoms with Gasteiger partial charge >= 0.3 is 0 Å². The zero-order chi connectivity index (χ0) is 11.5. The second-order valence-corrected chi connectivity index (χ2v) is 4.77. The molecule has 0 unspecified atom stereocenters. The predicted octanol–water partition coefficient (Wildman–Crippen LogP) is 3.76. The van der Waals surface area contributed by atoms with Gasteiger partial charge in [0.2, 0.25) is 0 Å². The van der Waals surface area contributed by atoms with Gasteiger partial charge in [0, 0.05) is 18.1 Å². The lowest BCUT2D eigenvalue weighted by atomic mass is 10.2. The van der Waals surface area contributed by atoms with Crippen LogP contribution in [-0.4, -0.2) is 4.57 Å². The zero-order valence-electron chi connectivity index (χ0n) is 9.27. The molecule has 2 rings (SSSR count). The minimum Gasteiger partial charge on any atom is -0.324 e. The number of para-hydroxylation sites is 1. The Morgan fingerprint density at radius 1 is 1.44 bits per heavy atom. The van der Waals surface area contributed by atoms with Crippen molar-refractivity contribution in [1.82, 2.24) is 4.57 Å². The molecule has 2 aromatic rings. The van der Waals surface area contributed by atoms with Crippen LogP contribution in [0.4, 0.5) is 5.69 Å². The number of hydrogen-bond donors (Lipinski definition) is 0. The molecule has 0 aliphatic heterocycles. The lowest BCUT2D eigenvalue weighted by Crippen LogP contribution is -2.11. The van der Waals surface area contributed by atoms with Crippen molar-refractivity contribution in [2.75, 3.05) is 0 Å². The maximum atomic E-state index is 6.14. The Balaban J connectivity index is 2.59. The highest BCUT2D eigenvalue weighted by Crippen LogP contribution is 2.27. The number of aromatic nitrogens is 1. The van der Waals surface area contributed by atoms with E-state index in [1.165, 1.54) is 0 Å². The van der Waals surface area contributed by atoms with E-state index in [2.05, 4.69) is 16.5 Å². The van der Waals surface area contributed by atoms with E-state index in [0.717, 1.165) is 22.6 Å². The smallest absolute Gasteiger partial charge is 0.189 e. The third kappa shape index (κ3) is 2.20. The molecule has 0 spiro atoms. The lowest BCUT2D eigenvalue weighted by Gasteiger charge is -2.02. The fraction of sp³-hybridized carbons (Fsp3) is 0.250. The summed E-state index contributed by atoms with van der Waals surface area (Å²) in [7, 11) is 0. The molecule has 0 N–H and O–H groups in total. The standard InChI is InChI=1S/C12H13ClN2S/c1-3-15-7-8-16-12(15)14-11-9(2)5-4-6-10(11)13/h4-8H,3H2,1-2H3. The molecule has 0 radical (unpaired) electrons. The van der Waals surface area contributed by atoms with Gasteiger partial charge in [-0.1, -0.05) is 23.7 Å². The van der Waals surface area contributed by atoms with Crippen LogP contribution in [0.2, 0.25) is 5.02 Å². The first kappa shape index (κ1) is 11.4. The first-order chi connectivity index (χ1) is 7.72. The van der Waals surface area contributed by atoms with Crippen molar-refractivity contribution in [3.8, 4) is 0 Å². The number of nitrogens with zero attached hydrogens (tertiary/aromatic N) is 2. The van der Waals surface area contributed by atoms with Gasteiger partial charge in [-0.3, -0.25) is 0 Å². The Bertz CT molecular complexity index is 534. The topological polar surface area (TPSA) is 17.3 Å². The number of halogens is 1. The molecule has 1 heterocycles. The van der Waals surface area contributed by atoms with E-state index in [-0.39, 0.29) is 0 Å². The minimum atomic E-state index is 0.705. The summed E-state index contributed by atoms with van der Waals surface area (Å²) in [5.74, 6) is 0. The van der Waals surface area contributed by atoms with Gasteiger partial charge in [0.1, 0.15) is 0 Å². The van der Waals surface area contributed by atoms with E-state index in [4.69, 9.17) is 11.6 Å². The summed E-state index contributed by atoms with van der Waals surface area (Å²) in [6, 6.07) is 5.84. The van der Waals surface area contributed by atoms with E-state index in [1.807, 2.05) is 36.7 Å². The first-order valence-corrected chi connectivity index (χ1v) is 6.42. The van der Waals surface area contributed by atoms with Crippen LogP contribution in [0.15, 0.2) is 34.8 Å². The third-order valence-electron chi connectivity index (χ3n) is 2.40. The van der Waals surface area contributed by atoms with E-state index < -0.39 is 0 Å². The summed E-state index contributed by atoms with van der Waals surface area (Å²) >= 11 is 7.77. The molecule has 84 valence electrons. The SMILES string of the molecule is CCn1ccsc1=Nc1c(C)cccc1Cl. The number of thiazole rings is 1. The van der Waals surface area contributed by atoms with Gasteiger partial charge in [0.15, 0.2) is 4.80 Å². The maximum absolute atomic E-state index is 6.14. The largest absolute Gasteiger partial charge is 0.324 e. The second kappa shape index (κ2) is 4.85. The van der Waals surface area contributed by atoms with Crippen LogP contribution < -0.4 is 4.80 Å². The molecular formula is C12H13ClN2S. The molecule has 0 atom stereocenters. The quantitative estimate of drug-likeness (QED) is 0.774. The Kier molecular flexibility index (Phi) is 3.46. The fourth-order valence-electron chi connectivity index (χ4n) is 1.49. The van der Waals surface area contributed by atoms with E-state index >= 15 is 0 Å². The summed E-state index contributed by atoms with van der Waals surface area (Å²) in [5, 5.41) is 2.74. The first-order valence-electron chi connectivity index (χ1n) is 5.16. The predicted molar refractivity (Wildman–Crippen MR) is 69.4 cm³/mol. The normalized spacial score (nSPS) is 12.1. The van der Waals surface area contributed by atoms with Crippen molar-refractivity contribution in [1.29, 1.82) is 0 Å². The van der Waals surface area contributed by atoms with Crippen molar-refractivity contribution < 1.29 is 0 Å². The molecule has 0 fully saturated rings. The highest BCUT2D eigenvalue weighted by molar-refractivity contribution is 7.07. The summed E-state index contributed by atoms with van der Waals surface area (Å²) < 4.78 is 2.10. The van der Waals surface area contributed by atoms with Gasteiger partial charge in [0.25, 0.3) is 0 Å². The van der Waals surface area contributed by atoms with Crippen LogP contribution in [0.3, 0.4) is 0 Å². The molecule has 2 nitrogen and oxygen atoms in total. The summed E-state index contributed by atoms with van der Waals surface area (Å²) in [6.45, 7) is 5.05. The van der Waals surface area contributed by atoms with Crippen molar-refractivity contribution >= 4 is 28.6 Å². The van der Waals surface area contributed by atoms with Crippen LogP contribution in [0.25, 0.3) is 0 Å². The van der Waals surface area contributed by atoms with Crippen molar-refractivity contribution in [2.45, 2.75) is 20.4 Å². The molecule has 4 heteroatoms. The second-order valence-electron chi connectivity index (χ2n) is 3.49. The third-order valence-corrected chi connectivity index (χ3v) is 3.50. The van der Waals surface area contributed by atoms with E-state index in [1.54, 1.807) is 11.3 Å². The lowest BCUT2D eigenvalue weighted by molar-refractivity contribution is 0.737. The zero-order valence-corrected chi connectivity index (χ0v) is 10.8. The summed E-state index contributed by atoms with van der Waals surface area (Å²) in [5.41, 5.74) is 1.97. The molecule has 1 aromatic heterocycles. The Labute approximate surface area is 104 Å². The number of hydrogen-bond acceptors (Lipinski definition) is 2. The van der Waals surface area contributed by atoms with Crippen molar-refractivity contribution in [2.24, 2.45) is 4.99 Å². The van der Waals surface area contributed by atoms with E-state index in [0.29, 0.717) is 5.02 Å². The highest BCUT2D eigenvalue weighted by Gasteiger charge is 2.02. The highest BCUT2D eigenvalue weighted by atomic mass is 35.5. The number of aryl methyl sites for hydroxylation is 2. The van der Waals surface area contributed by atoms with Gasteiger partial charge in [0.05, 0.1) is 10.7 Å². The molecule has 1 aromatic carbocycles. The molecule has 0 saturated carbocycles. The number of benzene rings is 1. The van der Waals surface area contributed by atoms with Crippen molar-refractivity contribution in [3.63, 3.8) is 0 Å². The Hall–Kier alpha value is -1.06. The molecule has 0 saturated heterocycles. The fourth-order valence-corrected chi connectivity index (χ4v) is 2.55. The van der Waals surface area contributed by atoms with Crippen LogP contribution in [0.1, 0.15) is 12.5 Å². The molecule has 0 aliphatic rings. The van der Waals surface area contributed by atoms with Crippen molar-refractivity contribution in [3.05, 3.63) is 45.2 Å². The maximum Gasteiger partial charge on any atom is 0.189 e. The number of rotatable bonds is 2. The van der Waals surface area contributed by atoms with Crippen LogP contribution in [0.5, 0.6) is 0 Å². The van der Waals surface area contributed by atoms with Gasteiger partial charge in [-0.05, 0) is 25.5 Å². The Morgan fingerprint density at radius 3 is 2.94 bits per heavy atom. The van der Waals surface area contributed by atoms with Gasteiger partial charge in [-0.25, -0.2) is 4.99 Å². The average Bonchev–Trinajstić information content (AvgIpc) is 2.71. The van der Waals surface area contributed by atoms with Gasteiger partial charge < -0.3 is 4.57 Å². The molecule has 16 heavy (non-hydrogen) atoms. The molecule has 0 bridgehead atoms. The average molecular weight is 253 g/mol.